The van der Waals surface area contributed by atoms with E-state index in [0.29, 0.717) is 15.7 Å². The zero-order valence-electron chi connectivity index (χ0n) is 13.4. The maximum atomic E-state index is 12.4. The molecule has 0 aliphatic heterocycles. The van der Waals surface area contributed by atoms with Gasteiger partial charge in [-0.15, -0.1) is 0 Å². The summed E-state index contributed by atoms with van der Waals surface area (Å²) >= 11 is 11.9. The molecule has 1 aliphatic rings. The molecule has 0 fully saturated rings. The van der Waals surface area contributed by atoms with E-state index in [1.54, 1.807) is 25.1 Å². The van der Waals surface area contributed by atoms with Crippen LogP contribution < -0.4 is 10.1 Å². The van der Waals surface area contributed by atoms with Crippen molar-refractivity contribution in [2.45, 2.75) is 38.7 Å². The van der Waals surface area contributed by atoms with Crippen LogP contribution >= 0.6 is 23.2 Å². The number of amides is 1. The van der Waals surface area contributed by atoms with E-state index >= 15 is 0 Å². The van der Waals surface area contributed by atoms with Gasteiger partial charge in [-0.25, -0.2) is 0 Å². The molecule has 0 bridgehead atoms. The summed E-state index contributed by atoms with van der Waals surface area (Å²) < 4.78 is 5.93. The molecule has 3 nitrogen and oxygen atoms in total. The van der Waals surface area contributed by atoms with Crippen LogP contribution in [0.25, 0.3) is 0 Å². The lowest BCUT2D eigenvalue weighted by Gasteiger charge is -2.22. The maximum absolute atomic E-state index is 12.4. The number of halogens is 2. The van der Waals surface area contributed by atoms with Crippen LogP contribution in [0.4, 0.5) is 5.69 Å². The highest BCUT2D eigenvalue weighted by Gasteiger charge is 2.19. The summed E-state index contributed by atoms with van der Waals surface area (Å²) in [7, 11) is 0. The predicted octanol–water partition coefficient (Wildman–Crippen LogP) is 5.28. The molecule has 0 saturated carbocycles. The summed E-state index contributed by atoms with van der Waals surface area (Å²) in [4.78, 5) is 12.4. The molecule has 1 amide bonds. The topological polar surface area (TPSA) is 38.3 Å². The molecule has 5 heteroatoms. The standard InChI is InChI=1S/C19H19Cl2NO2/c1-12(19(23)22-16-10-14(20)9-15(21)11-16)24-18-8-4-6-13-5-2-3-7-17(13)18/h4,6,8-12H,2-3,5,7H2,1H3,(H,22,23). The Morgan fingerprint density at radius 1 is 1.12 bits per heavy atom. The van der Waals surface area contributed by atoms with Gasteiger partial charge in [-0.2, -0.15) is 0 Å². The Morgan fingerprint density at radius 2 is 1.83 bits per heavy atom. The fraction of sp³-hybridized carbons (Fsp3) is 0.316. The second-order valence-corrected chi connectivity index (χ2v) is 6.88. The number of benzene rings is 2. The monoisotopic (exact) mass is 363 g/mol. The fourth-order valence-electron chi connectivity index (χ4n) is 2.97. The minimum absolute atomic E-state index is 0.234. The quantitative estimate of drug-likeness (QED) is 0.802. The normalized spacial score (nSPS) is 14.6. The van der Waals surface area contributed by atoms with Gasteiger partial charge in [0.15, 0.2) is 6.10 Å². The van der Waals surface area contributed by atoms with Crippen LogP contribution in [0.5, 0.6) is 5.75 Å². The van der Waals surface area contributed by atoms with Gasteiger partial charge in [0.25, 0.3) is 5.91 Å². The molecule has 0 spiro atoms. The second kappa shape index (κ2) is 7.45. The third-order valence-corrected chi connectivity index (χ3v) is 4.59. The summed E-state index contributed by atoms with van der Waals surface area (Å²) in [6.45, 7) is 1.74. The number of anilines is 1. The van der Waals surface area contributed by atoms with Gasteiger partial charge in [0.05, 0.1) is 0 Å². The van der Waals surface area contributed by atoms with Gasteiger partial charge < -0.3 is 10.1 Å². The van der Waals surface area contributed by atoms with Crippen molar-refractivity contribution in [3.8, 4) is 5.75 Å². The van der Waals surface area contributed by atoms with Crippen molar-refractivity contribution < 1.29 is 9.53 Å². The molecule has 0 heterocycles. The first-order chi connectivity index (χ1) is 11.5. The molecule has 1 unspecified atom stereocenters. The third kappa shape index (κ3) is 4.03. The molecule has 0 radical (unpaired) electrons. The van der Waals surface area contributed by atoms with E-state index in [4.69, 9.17) is 27.9 Å². The summed E-state index contributed by atoms with van der Waals surface area (Å²) in [6, 6.07) is 11.0. The van der Waals surface area contributed by atoms with E-state index in [0.717, 1.165) is 25.0 Å². The van der Waals surface area contributed by atoms with Gasteiger partial charge in [-0.05, 0) is 68.0 Å². The van der Waals surface area contributed by atoms with Gasteiger partial charge in [-0.1, -0.05) is 35.3 Å². The van der Waals surface area contributed by atoms with Crippen LogP contribution in [-0.2, 0) is 17.6 Å². The third-order valence-electron chi connectivity index (χ3n) is 4.16. The number of carbonyl (C=O) groups is 1. The second-order valence-electron chi connectivity index (χ2n) is 6.01. The minimum atomic E-state index is -0.615. The number of fused-ring (bicyclic) bond motifs is 1. The lowest BCUT2D eigenvalue weighted by molar-refractivity contribution is -0.122. The Hall–Kier alpha value is -1.71. The van der Waals surface area contributed by atoms with E-state index in [9.17, 15) is 4.79 Å². The molecule has 3 rings (SSSR count). The van der Waals surface area contributed by atoms with Gasteiger partial charge >= 0.3 is 0 Å². The number of rotatable bonds is 4. The SMILES string of the molecule is CC(Oc1cccc2c1CCCC2)C(=O)Nc1cc(Cl)cc(Cl)c1. The summed E-state index contributed by atoms with van der Waals surface area (Å²) in [6.07, 6.45) is 3.84. The molecule has 126 valence electrons. The van der Waals surface area contributed by atoms with Crippen molar-refractivity contribution in [2.75, 3.05) is 5.32 Å². The molecular formula is C19H19Cl2NO2. The Bertz CT molecular complexity index is 741. The van der Waals surface area contributed by atoms with E-state index in [2.05, 4.69) is 11.4 Å². The molecule has 2 aromatic rings. The van der Waals surface area contributed by atoms with Crippen molar-refractivity contribution >= 4 is 34.8 Å². The van der Waals surface area contributed by atoms with Gasteiger partial charge in [0.2, 0.25) is 0 Å². The largest absolute Gasteiger partial charge is 0.481 e. The average molecular weight is 364 g/mol. The Morgan fingerprint density at radius 3 is 2.58 bits per heavy atom. The highest BCUT2D eigenvalue weighted by atomic mass is 35.5. The smallest absolute Gasteiger partial charge is 0.265 e. The lowest BCUT2D eigenvalue weighted by Crippen LogP contribution is -2.30. The van der Waals surface area contributed by atoms with Crippen LogP contribution in [0.2, 0.25) is 10.0 Å². The highest BCUT2D eigenvalue weighted by Crippen LogP contribution is 2.30. The Balaban J connectivity index is 1.70. The number of ether oxygens (including phenoxy) is 1. The van der Waals surface area contributed by atoms with Crippen molar-refractivity contribution in [3.63, 3.8) is 0 Å². The minimum Gasteiger partial charge on any atom is -0.481 e. The van der Waals surface area contributed by atoms with Crippen LogP contribution in [0.15, 0.2) is 36.4 Å². The molecule has 1 aliphatic carbocycles. The number of hydrogen-bond donors (Lipinski definition) is 1. The summed E-state index contributed by atoms with van der Waals surface area (Å²) in [5, 5.41) is 3.74. The van der Waals surface area contributed by atoms with Crippen molar-refractivity contribution in [2.24, 2.45) is 0 Å². The number of hydrogen-bond acceptors (Lipinski definition) is 2. The van der Waals surface area contributed by atoms with E-state index in [1.807, 2.05) is 12.1 Å². The zero-order valence-corrected chi connectivity index (χ0v) is 15.0. The number of carbonyl (C=O) groups excluding carboxylic acids is 1. The molecule has 1 atom stereocenters. The fourth-order valence-corrected chi connectivity index (χ4v) is 3.50. The van der Waals surface area contributed by atoms with E-state index in [1.165, 1.54) is 17.5 Å². The maximum Gasteiger partial charge on any atom is 0.265 e. The molecule has 24 heavy (non-hydrogen) atoms. The Labute approximate surface area is 151 Å². The van der Waals surface area contributed by atoms with Crippen molar-refractivity contribution in [3.05, 3.63) is 57.6 Å². The average Bonchev–Trinajstić information content (AvgIpc) is 2.54. The van der Waals surface area contributed by atoms with Gasteiger partial charge in [0.1, 0.15) is 5.75 Å². The van der Waals surface area contributed by atoms with E-state index < -0.39 is 6.10 Å². The van der Waals surface area contributed by atoms with Crippen molar-refractivity contribution in [1.29, 1.82) is 0 Å². The predicted molar refractivity (Wildman–Crippen MR) is 98.3 cm³/mol. The molecule has 2 aromatic carbocycles. The van der Waals surface area contributed by atoms with Crippen LogP contribution in [-0.4, -0.2) is 12.0 Å². The van der Waals surface area contributed by atoms with Gasteiger partial charge in [0, 0.05) is 15.7 Å². The lowest BCUT2D eigenvalue weighted by atomic mass is 9.91. The Kier molecular flexibility index (Phi) is 5.32. The molecule has 1 N–H and O–H groups in total. The summed E-state index contributed by atoms with van der Waals surface area (Å²) in [5.74, 6) is 0.570. The number of aryl methyl sites for hydroxylation is 1. The number of nitrogens with one attached hydrogen (secondary N) is 1. The first-order valence-electron chi connectivity index (χ1n) is 8.07. The molecule has 0 saturated heterocycles. The van der Waals surface area contributed by atoms with Crippen LogP contribution in [0, 0.1) is 0 Å². The van der Waals surface area contributed by atoms with Crippen LogP contribution in [0.3, 0.4) is 0 Å². The highest BCUT2D eigenvalue weighted by molar-refractivity contribution is 6.35. The first-order valence-corrected chi connectivity index (χ1v) is 8.83. The van der Waals surface area contributed by atoms with E-state index in [-0.39, 0.29) is 5.91 Å². The van der Waals surface area contributed by atoms with Crippen LogP contribution in [0.1, 0.15) is 30.9 Å². The van der Waals surface area contributed by atoms with Gasteiger partial charge in [-0.3, -0.25) is 4.79 Å². The summed E-state index contributed by atoms with van der Waals surface area (Å²) in [5.41, 5.74) is 3.12. The van der Waals surface area contributed by atoms with Crippen molar-refractivity contribution in [1.82, 2.24) is 0 Å². The molecular weight excluding hydrogens is 345 g/mol. The zero-order chi connectivity index (χ0) is 17.1. The molecule has 0 aromatic heterocycles. The first kappa shape index (κ1) is 17.1.